The molecule has 1 amide bonds. The fourth-order valence-corrected chi connectivity index (χ4v) is 3.03. The van der Waals surface area contributed by atoms with Gasteiger partial charge in [-0.25, -0.2) is 9.78 Å². The molecule has 26 heavy (non-hydrogen) atoms. The zero-order valence-electron chi connectivity index (χ0n) is 14.1. The molecule has 0 aliphatic heterocycles. The molecule has 2 aromatic carbocycles. The minimum atomic E-state index is -0.522. The largest absolute Gasteiger partial charge is 0.420 e. The Labute approximate surface area is 148 Å². The predicted molar refractivity (Wildman–Crippen MR) is 97.8 cm³/mol. The van der Waals surface area contributed by atoms with E-state index in [9.17, 15) is 9.59 Å². The Hall–Kier alpha value is -3.35. The van der Waals surface area contributed by atoms with Crippen LogP contribution in [-0.2, 0) is 17.9 Å². The highest BCUT2D eigenvalue weighted by atomic mass is 16.4. The topological polar surface area (TPSA) is 82.1 Å². The maximum absolute atomic E-state index is 12.1. The molecule has 0 aliphatic carbocycles. The van der Waals surface area contributed by atoms with E-state index in [0.717, 1.165) is 24.0 Å². The summed E-state index contributed by atoms with van der Waals surface area (Å²) in [6.07, 6.45) is 2.58. The van der Waals surface area contributed by atoms with Gasteiger partial charge in [-0.3, -0.25) is 9.36 Å². The van der Waals surface area contributed by atoms with Crippen molar-refractivity contribution in [1.29, 1.82) is 0 Å². The normalized spacial score (nSPS) is 11.2. The molecule has 0 spiro atoms. The zero-order chi connectivity index (χ0) is 17.9. The summed E-state index contributed by atoms with van der Waals surface area (Å²) in [6.45, 7) is 1.23. The Morgan fingerprint density at radius 1 is 1.08 bits per heavy atom. The number of hydrogen-bond acceptors (Lipinski definition) is 4. The second-order valence-corrected chi connectivity index (χ2v) is 6.05. The summed E-state index contributed by atoms with van der Waals surface area (Å²) in [5.41, 5.74) is 3.15. The minimum absolute atomic E-state index is 0.0517. The summed E-state index contributed by atoms with van der Waals surface area (Å²) in [7, 11) is 0. The molecule has 0 radical (unpaired) electrons. The van der Waals surface area contributed by atoms with E-state index in [1.165, 1.54) is 4.57 Å². The number of oxazole rings is 1. The van der Waals surface area contributed by atoms with E-state index >= 15 is 0 Å². The fourth-order valence-electron chi connectivity index (χ4n) is 3.03. The van der Waals surface area contributed by atoms with Gasteiger partial charge in [-0.05, 0) is 30.7 Å². The van der Waals surface area contributed by atoms with Crippen molar-refractivity contribution in [3.8, 4) is 0 Å². The van der Waals surface area contributed by atoms with Gasteiger partial charge in [0.25, 0.3) is 0 Å². The van der Waals surface area contributed by atoms with Crippen molar-refractivity contribution in [3.05, 3.63) is 65.4 Å². The lowest BCUT2D eigenvalue weighted by molar-refractivity contribution is -0.121. The smallest absolute Gasteiger partial charge is 0.408 e. The maximum Gasteiger partial charge on any atom is 0.420 e. The number of nitrogens with zero attached hydrogens (tertiary/aromatic N) is 3. The van der Waals surface area contributed by atoms with Crippen LogP contribution in [-0.4, -0.2) is 26.6 Å². The number of para-hydroxylation sites is 4. The molecule has 2 heterocycles. The Morgan fingerprint density at radius 3 is 2.73 bits per heavy atom. The SMILES string of the molecule is O=C(Cn1c(=O)oc2ccccc21)NCCCn1cnc2ccccc21. The number of hydrogen-bond donors (Lipinski definition) is 1. The van der Waals surface area contributed by atoms with Crippen LogP contribution in [0.1, 0.15) is 6.42 Å². The van der Waals surface area contributed by atoms with Gasteiger partial charge >= 0.3 is 5.76 Å². The van der Waals surface area contributed by atoms with Crippen molar-refractivity contribution in [2.45, 2.75) is 19.5 Å². The number of amides is 1. The fraction of sp³-hybridized carbons (Fsp3) is 0.211. The summed E-state index contributed by atoms with van der Waals surface area (Å²) in [5.74, 6) is -0.736. The molecule has 0 unspecified atom stereocenters. The summed E-state index contributed by atoms with van der Waals surface area (Å²) >= 11 is 0. The first-order valence-electron chi connectivity index (χ1n) is 8.47. The number of rotatable bonds is 6. The molecule has 4 aromatic rings. The summed E-state index contributed by atoms with van der Waals surface area (Å²) in [5, 5.41) is 2.85. The van der Waals surface area contributed by atoms with Crippen LogP contribution in [0.3, 0.4) is 0 Å². The molecule has 7 heteroatoms. The van der Waals surface area contributed by atoms with Crippen LogP contribution >= 0.6 is 0 Å². The molecule has 0 bridgehead atoms. The Bertz CT molecular complexity index is 1120. The van der Waals surface area contributed by atoms with Gasteiger partial charge in [-0.15, -0.1) is 0 Å². The number of carbonyl (C=O) groups excluding carboxylic acids is 1. The Balaban J connectivity index is 1.33. The second-order valence-electron chi connectivity index (χ2n) is 6.05. The number of fused-ring (bicyclic) bond motifs is 2. The van der Waals surface area contributed by atoms with E-state index in [4.69, 9.17) is 4.42 Å². The molecule has 2 aromatic heterocycles. The highest BCUT2D eigenvalue weighted by molar-refractivity contribution is 5.79. The van der Waals surface area contributed by atoms with Crippen molar-refractivity contribution in [1.82, 2.24) is 19.4 Å². The maximum atomic E-state index is 12.1. The summed E-state index contributed by atoms with van der Waals surface area (Å²) in [6, 6.07) is 15.0. The van der Waals surface area contributed by atoms with E-state index in [1.54, 1.807) is 24.3 Å². The third kappa shape index (κ3) is 3.11. The Kier molecular flexibility index (Phi) is 4.27. The Morgan fingerprint density at radius 2 is 1.85 bits per heavy atom. The van der Waals surface area contributed by atoms with Crippen LogP contribution < -0.4 is 11.1 Å². The number of imidazole rings is 1. The minimum Gasteiger partial charge on any atom is -0.408 e. The standard InChI is InChI=1S/C19H18N4O3/c24-18(12-23-16-8-3-4-9-17(16)26-19(23)25)20-10-5-11-22-13-21-14-6-1-2-7-15(14)22/h1-4,6-9,13H,5,10-12H2,(H,20,24). The van der Waals surface area contributed by atoms with E-state index < -0.39 is 5.76 Å². The highest BCUT2D eigenvalue weighted by Gasteiger charge is 2.11. The summed E-state index contributed by atoms with van der Waals surface area (Å²) in [4.78, 5) is 28.4. The summed E-state index contributed by atoms with van der Waals surface area (Å²) < 4.78 is 8.54. The van der Waals surface area contributed by atoms with Crippen molar-refractivity contribution >= 4 is 28.0 Å². The molecular formula is C19H18N4O3. The first-order chi connectivity index (χ1) is 12.7. The van der Waals surface area contributed by atoms with Gasteiger partial charge in [-0.2, -0.15) is 0 Å². The van der Waals surface area contributed by atoms with Gasteiger partial charge in [0.1, 0.15) is 6.54 Å². The van der Waals surface area contributed by atoms with Gasteiger partial charge in [0.2, 0.25) is 5.91 Å². The van der Waals surface area contributed by atoms with Crippen LogP contribution in [0, 0.1) is 0 Å². The van der Waals surface area contributed by atoms with Crippen LogP contribution in [0.4, 0.5) is 0 Å². The number of carbonyl (C=O) groups is 1. The average molecular weight is 350 g/mol. The molecule has 7 nitrogen and oxygen atoms in total. The van der Waals surface area contributed by atoms with Gasteiger partial charge in [0.05, 0.1) is 22.9 Å². The van der Waals surface area contributed by atoms with E-state index in [-0.39, 0.29) is 12.5 Å². The van der Waals surface area contributed by atoms with Crippen LogP contribution in [0.25, 0.3) is 22.1 Å². The molecule has 4 rings (SSSR count). The lowest BCUT2D eigenvalue weighted by atomic mass is 10.3. The molecule has 0 atom stereocenters. The van der Waals surface area contributed by atoms with Gasteiger partial charge in [-0.1, -0.05) is 24.3 Å². The van der Waals surface area contributed by atoms with Crippen molar-refractivity contribution in [2.24, 2.45) is 0 Å². The second kappa shape index (κ2) is 6.87. The number of nitrogens with one attached hydrogen (secondary N) is 1. The number of aromatic nitrogens is 3. The van der Waals surface area contributed by atoms with Crippen molar-refractivity contribution < 1.29 is 9.21 Å². The molecule has 0 fully saturated rings. The highest BCUT2D eigenvalue weighted by Crippen LogP contribution is 2.12. The third-order valence-corrected chi connectivity index (χ3v) is 4.30. The first kappa shape index (κ1) is 16.1. The molecule has 1 N–H and O–H groups in total. The van der Waals surface area contributed by atoms with E-state index in [1.807, 2.05) is 30.6 Å². The number of aryl methyl sites for hydroxylation is 1. The van der Waals surface area contributed by atoms with Crippen LogP contribution in [0.2, 0.25) is 0 Å². The van der Waals surface area contributed by atoms with Crippen LogP contribution in [0.5, 0.6) is 0 Å². The quantitative estimate of drug-likeness (QED) is 0.540. The monoisotopic (exact) mass is 350 g/mol. The third-order valence-electron chi connectivity index (χ3n) is 4.30. The molecule has 132 valence electrons. The van der Waals surface area contributed by atoms with Crippen LogP contribution in [0.15, 0.2) is 64.1 Å². The van der Waals surface area contributed by atoms with Crippen molar-refractivity contribution in [3.63, 3.8) is 0 Å². The van der Waals surface area contributed by atoms with Gasteiger partial charge < -0.3 is 14.3 Å². The van der Waals surface area contributed by atoms with E-state index in [2.05, 4.69) is 14.9 Å². The molecule has 0 aliphatic rings. The van der Waals surface area contributed by atoms with Crippen molar-refractivity contribution in [2.75, 3.05) is 6.54 Å². The molecule has 0 saturated carbocycles. The first-order valence-corrected chi connectivity index (χ1v) is 8.47. The van der Waals surface area contributed by atoms with Gasteiger partial charge in [0, 0.05) is 13.1 Å². The zero-order valence-corrected chi connectivity index (χ0v) is 14.1. The predicted octanol–water partition coefficient (Wildman–Crippen LogP) is 2.15. The lowest BCUT2D eigenvalue weighted by Crippen LogP contribution is -2.31. The molecule has 0 saturated heterocycles. The molecular weight excluding hydrogens is 332 g/mol. The van der Waals surface area contributed by atoms with Gasteiger partial charge in [0.15, 0.2) is 5.58 Å². The average Bonchev–Trinajstić information content (AvgIpc) is 3.20. The lowest BCUT2D eigenvalue weighted by Gasteiger charge is -2.07. The van der Waals surface area contributed by atoms with E-state index in [0.29, 0.717) is 17.6 Å². The number of benzene rings is 2.